The fourth-order valence-electron chi connectivity index (χ4n) is 5.55. The van der Waals surface area contributed by atoms with Crippen LogP contribution in [0.15, 0.2) is 52.5 Å². The van der Waals surface area contributed by atoms with Crippen LogP contribution < -0.4 is 5.43 Å². The molecular formula is C26H38N5O4-. The first-order valence-corrected chi connectivity index (χ1v) is 12.7. The number of hydrogen-bond donors (Lipinski definition) is 2. The lowest BCUT2D eigenvalue weighted by Gasteiger charge is -2.41. The minimum atomic E-state index is -0.410. The van der Waals surface area contributed by atoms with Crippen LogP contribution in [-0.2, 0) is 4.74 Å². The molecule has 3 atom stereocenters. The number of nitrogens with one attached hydrogen (secondary N) is 1. The first-order valence-electron chi connectivity index (χ1n) is 12.7. The van der Waals surface area contributed by atoms with Crippen LogP contribution in [0, 0.1) is 34.1 Å². The highest BCUT2D eigenvalue weighted by molar-refractivity contribution is 6.02. The van der Waals surface area contributed by atoms with Crippen LogP contribution in [0.3, 0.4) is 0 Å². The molecule has 0 amide bonds. The Morgan fingerprint density at radius 2 is 1.83 bits per heavy atom. The van der Waals surface area contributed by atoms with Crippen LogP contribution in [0.5, 0.6) is 0 Å². The molecule has 0 bridgehead atoms. The first kappa shape index (κ1) is 25.5. The van der Waals surface area contributed by atoms with E-state index in [1.807, 2.05) is 0 Å². The zero-order valence-electron chi connectivity index (χ0n) is 21.0. The molecule has 35 heavy (non-hydrogen) atoms. The summed E-state index contributed by atoms with van der Waals surface area (Å²) < 4.78 is 6.00. The van der Waals surface area contributed by atoms with Gasteiger partial charge in [-0.15, -0.1) is 5.10 Å². The van der Waals surface area contributed by atoms with E-state index in [-0.39, 0.29) is 12.3 Å². The Labute approximate surface area is 208 Å². The molecule has 2 heterocycles. The van der Waals surface area contributed by atoms with Crippen molar-refractivity contribution in [1.82, 2.24) is 15.2 Å². The lowest BCUT2D eigenvalue weighted by Crippen LogP contribution is -2.49. The zero-order valence-corrected chi connectivity index (χ0v) is 21.0. The molecule has 9 nitrogen and oxygen atoms in total. The summed E-state index contributed by atoms with van der Waals surface area (Å²) >= 11 is 0. The number of piperazine rings is 1. The number of rotatable bonds is 7. The Bertz CT molecular complexity index is 935. The van der Waals surface area contributed by atoms with E-state index in [2.05, 4.69) is 47.2 Å². The summed E-state index contributed by atoms with van der Waals surface area (Å²) in [6.45, 7) is 13.2. The predicted molar refractivity (Wildman–Crippen MR) is 137 cm³/mol. The van der Waals surface area contributed by atoms with Crippen molar-refractivity contribution in [3.63, 3.8) is 0 Å². The third kappa shape index (κ3) is 6.34. The van der Waals surface area contributed by atoms with Gasteiger partial charge in [0, 0.05) is 63.4 Å². The monoisotopic (exact) mass is 484 g/mol. The third-order valence-electron chi connectivity index (χ3n) is 7.70. The van der Waals surface area contributed by atoms with Gasteiger partial charge in [-0.3, -0.25) is 4.90 Å². The second kappa shape index (κ2) is 11.4. The molecule has 0 spiro atoms. The number of β-amino-alcohol motifs (C(OH)–C–C–N with tert-alkyl or cyclic N) is 1. The molecule has 1 fully saturated rings. The van der Waals surface area contributed by atoms with Gasteiger partial charge in [0.1, 0.15) is 0 Å². The average Bonchev–Trinajstić information content (AvgIpc) is 3.30. The van der Waals surface area contributed by atoms with Crippen molar-refractivity contribution in [3.05, 3.63) is 57.8 Å². The summed E-state index contributed by atoms with van der Waals surface area (Å²) in [7, 11) is 0. The number of aliphatic hydroxyl groups excluding tert-OH is 1. The fraction of sp³-hybridized carbons (Fsp3) is 0.615. The molecule has 9 heteroatoms. The van der Waals surface area contributed by atoms with E-state index in [9.17, 15) is 15.5 Å². The van der Waals surface area contributed by atoms with Crippen molar-refractivity contribution in [1.29, 1.82) is 0 Å². The van der Waals surface area contributed by atoms with Gasteiger partial charge in [-0.1, -0.05) is 25.5 Å². The molecule has 4 aliphatic rings. The van der Waals surface area contributed by atoms with Crippen molar-refractivity contribution >= 4 is 11.6 Å². The molecule has 0 aromatic carbocycles. The number of hydrazone groups is 1. The number of nitrogens with zero attached hydrogens (tertiary/aromatic N) is 4. The summed E-state index contributed by atoms with van der Waals surface area (Å²) in [5.41, 5.74) is 5.15. The molecule has 2 aliphatic heterocycles. The Balaban J connectivity index is 1.36. The summed E-state index contributed by atoms with van der Waals surface area (Å²) in [5, 5.41) is 35.4. The molecule has 4 rings (SSSR count). The molecule has 0 aromatic heterocycles. The van der Waals surface area contributed by atoms with Crippen LogP contribution >= 0.6 is 0 Å². The van der Waals surface area contributed by atoms with E-state index in [0.29, 0.717) is 35.5 Å². The minimum Gasteiger partial charge on any atom is -0.612 e. The highest BCUT2D eigenvalue weighted by atomic mass is 16.8. The Hall–Kier alpha value is -2.62. The fourth-order valence-corrected chi connectivity index (χ4v) is 5.55. The van der Waals surface area contributed by atoms with Gasteiger partial charge in [0.2, 0.25) is 17.5 Å². The lowest BCUT2D eigenvalue weighted by molar-refractivity contribution is -0.377. The van der Waals surface area contributed by atoms with Gasteiger partial charge in [-0.25, -0.2) is 5.43 Å². The van der Waals surface area contributed by atoms with E-state index >= 15 is 0 Å². The molecule has 2 aliphatic carbocycles. The van der Waals surface area contributed by atoms with Crippen LogP contribution in [0.2, 0.25) is 0 Å². The second-order valence-corrected chi connectivity index (χ2v) is 10.3. The van der Waals surface area contributed by atoms with Crippen LogP contribution in [0.4, 0.5) is 0 Å². The highest BCUT2D eigenvalue weighted by Gasteiger charge is 2.34. The lowest BCUT2D eigenvalue weighted by atomic mass is 9.69. The van der Waals surface area contributed by atoms with E-state index in [1.165, 1.54) is 17.7 Å². The van der Waals surface area contributed by atoms with Crippen molar-refractivity contribution in [2.45, 2.75) is 33.6 Å². The average molecular weight is 485 g/mol. The SMILES string of the molecule is CC1=C[C@@H](CN2CCN(CCO)CC2)[C@H](C(C)C)C[C@H]1CC1=NNC(=C2C=CC(=[N+]([O-])[O-])C=C2)O1. The van der Waals surface area contributed by atoms with Gasteiger partial charge in [0.15, 0.2) is 0 Å². The van der Waals surface area contributed by atoms with Gasteiger partial charge >= 0.3 is 0 Å². The summed E-state index contributed by atoms with van der Waals surface area (Å²) in [6, 6.07) is 0. The minimum absolute atomic E-state index is 0.0535. The normalized spacial score (nSPS) is 27.7. The smallest absolute Gasteiger partial charge is 0.222 e. The first-order chi connectivity index (χ1) is 16.8. The van der Waals surface area contributed by atoms with E-state index in [1.54, 1.807) is 12.2 Å². The molecule has 192 valence electrons. The molecule has 2 N–H and O–H groups in total. The van der Waals surface area contributed by atoms with Crippen LogP contribution in [-0.4, -0.2) is 77.3 Å². The maximum absolute atomic E-state index is 10.9. The number of allylic oxidation sites excluding steroid dienone is 6. The topological polar surface area (TPSA) is 109 Å². The largest absolute Gasteiger partial charge is 0.612 e. The summed E-state index contributed by atoms with van der Waals surface area (Å²) in [6.07, 6.45) is 10.6. The molecule has 0 saturated carbocycles. The number of aliphatic hydroxyl groups is 1. The highest BCUT2D eigenvalue weighted by Crippen LogP contribution is 2.40. The molecule has 0 aromatic rings. The van der Waals surface area contributed by atoms with Gasteiger partial charge < -0.3 is 25.2 Å². The molecular weight excluding hydrogens is 446 g/mol. The standard InChI is InChI=1S/C26H38N5O4/c1-18(2)24-15-21(19(3)14-22(24)17-30-10-8-29(9-11-30)12-13-32)16-25-27-28-26(35-25)20-4-6-23(7-5-20)31(33)34/h4-7,14,18,21-22,24,28,32H,8-13,15-17H2,1-3H3/q-1/t21-,22-,24-/m0/s1. The zero-order chi connectivity index (χ0) is 24.9. The van der Waals surface area contributed by atoms with Crippen molar-refractivity contribution in [3.8, 4) is 0 Å². The van der Waals surface area contributed by atoms with Gasteiger partial charge in [-0.2, -0.15) is 4.90 Å². The quantitative estimate of drug-likeness (QED) is 0.325. The van der Waals surface area contributed by atoms with E-state index in [0.717, 1.165) is 57.7 Å². The molecule has 1 saturated heterocycles. The van der Waals surface area contributed by atoms with Gasteiger partial charge in [0.25, 0.3) is 0 Å². The Morgan fingerprint density at radius 1 is 1.14 bits per heavy atom. The van der Waals surface area contributed by atoms with E-state index < -0.39 is 4.90 Å². The summed E-state index contributed by atoms with van der Waals surface area (Å²) in [4.78, 5) is 4.51. The second-order valence-electron chi connectivity index (χ2n) is 10.3. The van der Waals surface area contributed by atoms with Crippen molar-refractivity contribution in [2.75, 3.05) is 45.9 Å². The van der Waals surface area contributed by atoms with Gasteiger partial charge in [-0.05, 0) is 49.2 Å². The Morgan fingerprint density at radius 3 is 2.46 bits per heavy atom. The van der Waals surface area contributed by atoms with E-state index in [4.69, 9.17) is 4.74 Å². The van der Waals surface area contributed by atoms with Crippen molar-refractivity contribution < 1.29 is 14.7 Å². The molecule has 0 unspecified atom stereocenters. The number of hydrogen-bond acceptors (Lipinski definition) is 8. The van der Waals surface area contributed by atoms with Crippen molar-refractivity contribution in [2.24, 2.45) is 28.8 Å². The molecule has 0 radical (unpaired) electrons. The van der Waals surface area contributed by atoms with Crippen LogP contribution in [0.25, 0.3) is 0 Å². The Kier molecular flexibility index (Phi) is 8.30. The van der Waals surface area contributed by atoms with Crippen LogP contribution in [0.1, 0.15) is 33.6 Å². The summed E-state index contributed by atoms with van der Waals surface area (Å²) in [5.74, 6) is 3.31. The van der Waals surface area contributed by atoms with Gasteiger partial charge in [0.05, 0.1) is 6.61 Å². The number of ether oxygens (including phenoxy) is 1. The predicted octanol–water partition coefficient (Wildman–Crippen LogP) is 2.56. The third-order valence-corrected chi connectivity index (χ3v) is 7.70. The maximum atomic E-state index is 10.9. The maximum Gasteiger partial charge on any atom is 0.222 e.